The zero-order chi connectivity index (χ0) is 19.1. The molecule has 4 nitrogen and oxygen atoms in total. The number of rotatable bonds is 7. The van der Waals surface area contributed by atoms with Crippen LogP contribution in [0.3, 0.4) is 0 Å². The van der Waals surface area contributed by atoms with Crippen molar-refractivity contribution in [2.75, 3.05) is 26.3 Å². The number of carbonyl (C=O) groups is 1. The number of amides is 1. The van der Waals surface area contributed by atoms with Gasteiger partial charge in [0.1, 0.15) is 5.75 Å². The predicted octanol–water partition coefficient (Wildman–Crippen LogP) is 4.83. The molecule has 2 aromatic rings. The number of hydrogen-bond acceptors (Lipinski definition) is 3. The van der Waals surface area contributed by atoms with Crippen molar-refractivity contribution in [2.24, 2.45) is 5.92 Å². The Kier molecular flexibility index (Phi) is 7.39. The van der Waals surface area contributed by atoms with Gasteiger partial charge < -0.3 is 14.4 Å². The molecule has 1 atom stereocenters. The summed E-state index contributed by atoms with van der Waals surface area (Å²) in [7, 11) is 0. The second kappa shape index (κ2) is 9.98. The Bertz CT molecular complexity index is 754. The SMILES string of the molecule is O=C(COc1ccc(Cl)cc1Cl)N1CCCC(COCc2ccccc2)C1. The zero-order valence-corrected chi connectivity index (χ0v) is 16.6. The fourth-order valence-electron chi connectivity index (χ4n) is 3.17. The molecule has 0 N–H and O–H groups in total. The summed E-state index contributed by atoms with van der Waals surface area (Å²) in [5.41, 5.74) is 1.16. The van der Waals surface area contributed by atoms with Crippen molar-refractivity contribution in [1.82, 2.24) is 4.90 Å². The van der Waals surface area contributed by atoms with Crippen LogP contribution in [0.25, 0.3) is 0 Å². The second-order valence-electron chi connectivity index (χ2n) is 6.71. The molecule has 0 aromatic heterocycles. The standard InChI is InChI=1S/C21H23Cl2NO3/c22-18-8-9-20(19(23)11-18)27-15-21(25)24-10-4-7-17(12-24)14-26-13-16-5-2-1-3-6-16/h1-3,5-6,8-9,11,17H,4,7,10,12-15H2. The second-order valence-corrected chi connectivity index (χ2v) is 7.56. The van der Waals surface area contributed by atoms with Crippen LogP contribution >= 0.6 is 23.2 Å². The normalized spacial score (nSPS) is 17.0. The van der Waals surface area contributed by atoms with Crippen LogP contribution in [0.1, 0.15) is 18.4 Å². The van der Waals surface area contributed by atoms with Crippen molar-refractivity contribution in [3.63, 3.8) is 0 Å². The first-order valence-electron chi connectivity index (χ1n) is 9.09. The fourth-order valence-corrected chi connectivity index (χ4v) is 3.63. The molecular weight excluding hydrogens is 385 g/mol. The maximum Gasteiger partial charge on any atom is 0.260 e. The third kappa shape index (κ3) is 6.13. The summed E-state index contributed by atoms with van der Waals surface area (Å²) in [6.07, 6.45) is 2.05. The lowest BCUT2D eigenvalue weighted by Gasteiger charge is -2.32. The number of carbonyl (C=O) groups excluding carboxylic acids is 1. The van der Waals surface area contributed by atoms with Gasteiger partial charge in [-0.25, -0.2) is 0 Å². The maximum atomic E-state index is 12.5. The topological polar surface area (TPSA) is 38.8 Å². The van der Waals surface area contributed by atoms with E-state index in [1.54, 1.807) is 18.2 Å². The quantitative estimate of drug-likeness (QED) is 0.659. The van der Waals surface area contributed by atoms with Crippen LogP contribution in [0.4, 0.5) is 0 Å². The molecule has 1 aliphatic heterocycles. The largest absolute Gasteiger partial charge is 0.482 e. The summed E-state index contributed by atoms with van der Waals surface area (Å²) >= 11 is 11.9. The van der Waals surface area contributed by atoms with Gasteiger partial charge in [-0.1, -0.05) is 53.5 Å². The molecule has 1 aliphatic rings. The first-order valence-corrected chi connectivity index (χ1v) is 9.84. The fraction of sp³-hybridized carbons (Fsp3) is 0.381. The number of hydrogen-bond donors (Lipinski definition) is 0. The van der Waals surface area contributed by atoms with Gasteiger partial charge in [0.25, 0.3) is 5.91 Å². The number of halogens is 2. The lowest BCUT2D eigenvalue weighted by molar-refractivity contribution is -0.135. The van der Waals surface area contributed by atoms with Crippen molar-refractivity contribution < 1.29 is 14.3 Å². The lowest BCUT2D eigenvalue weighted by atomic mass is 9.99. The van der Waals surface area contributed by atoms with Crippen LogP contribution in [0.5, 0.6) is 5.75 Å². The van der Waals surface area contributed by atoms with E-state index in [0.717, 1.165) is 24.9 Å². The van der Waals surface area contributed by atoms with Gasteiger partial charge in [-0.15, -0.1) is 0 Å². The molecule has 1 heterocycles. The summed E-state index contributed by atoms with van der Waals surface area (Å²) in [5, 5.41) is 0.939. The monoisotopic (exact) mass is 407 g/mol. The lowest BCUT2D eigenvalue weighted by Crippen LogP contribution is -2.43. The van der Waals surface area contributed by atoms with Gasteiger partial charge in [0.05, 0.1) is 18.2 Å². The van der Waals surface area contributed by atoms with Crippen molar-refractivity contribution in [2.45, 2.75) is 19.4 Å². The molecule has 0 aliphatic carbocycles. The minimum atomic E-state index is -0.0335. The molecule has 0 spiro atoms. The summed E-state index contributed by atoms with van der Waals surface area (Å²) in [5.74, 6) is 0.786. The van der Waals surface area contributed by atoms with E-state index < -0.39 is 0 Å². The zero-order valence-electron chi connectivity index (χ0n) is 15.1. The van der Waals surface area contributed by atoms with E-state index >= 15 is 0 Å². The highest BCUT2D eigenvalue weighted by atomic mass is 35.5. The summed E-state index contributed by atoms with van der Waals surface area (Å²) < 4.78 is 11.4. The number of benzene rings is 2. The summed E-state index contributed by atoms with van der Waals surface area (Å²) in [6.45, 7) is 2.68. The van der Waals surface area contributed by atoms with Crippen LogP contribution in [0.15, 0.2) is 48.5 Å². The molecule has 6 heteroatoms. The van der Waals surface area contributed by atoms with Crippen LogP contribution in [-0.2, 0) is 16.1 Å². The first-order chi connectivity index (χ1) is 13.1. The Morgan fingerprint density at radius 2 is 1.96 bits per heavy atom. The molecule has 0 bridgehead atoms. The van der Waals surface area contributed by atoms with Crippen molar-refractivity contribution >= 4 is 29.1 Å². The average Bonchev–Trinajstić information content (AvgIpc) is 2.68. The number of nitrogens with zero attached hydrogens (tertiary/aromatic N) is 1. The molecule has 2 aromatic carbocycles. The third-order valence-electron chi connectivity index (χ3n) is 4.58. The predicted molar refractivity (Wildman–Crippen MR) is 107 cm³/mol. The highest BCUT2D eigenvalue weighted by Gasteiger charge is 2.24. The summed E-state index contributed by atoms with van der Waals surface area (Å²) in [6, 6.07) is 15.1. The molecule has 144 valence electrons. The van der Waals surface area contributed by atoms with Crippen molar-refractivity contribution in [3.05, 3.63) is 64.1 Å². The van der Waals surface area contributed by atoms with Crippen LogP contribution in [-0.4, -0.2) is 37.1 Å². The molecular formula is C21H23Cl2NO3. The van der Waals surface area contributed by atoms with E-state index in [-0.39, 0.29) is 12.5 Å². The van der Waals surface area contributed by atoms with E-state index in [4.69, 9.17) is 32.7 Å². The van der Waals surface area contributed by atoms with Gasteiger partial charge >= 0.3 is 0 Å². The van der Waals surface area contributed by atoms with Gasteiger partial charge in [-0.3, -0.25) is 4.79 Å². The minimum Gasteiger partial charge on any atom is -0.482 e. The molecule has 0 radical (unpaired) electrons. The molecule has 1 amide bonds. The van der Waals surface area contributed by atoms with Gasteiger partial charge in [-0.05, 0) is 42.5 Å². The minimum absolute atomic E-state index is 0.0288. The smallest absolute Gasteiger partial charge is 0.260 e. The third-order valence-corrected chi connectivity index (χ3v) is 5.11. The Balaban J connectivity index is 1.43. The van der Waals surface area contributed by atoms with E-state index in [2.05, 4.69) is 12.1 Å². The average molecular weight is 408 g/mol. The molecule has 0 saturated carbocycles. The first kappa shape index (κ1) is 20.0. The number of piperidine rings is 1. The van der Waals surface area contributed by atoms with Crippen molar-refractivity contribution in [1.29, 1.82) is 0 Å². The summed E-state index contributed by atoms with van der Waals surface area (Å²) in [4.78, 5) is 14.3. The van der Waals surface area contributed by atoms with Gasteiger partial charge in [0.15, 0.2) is 6.61 Å². The molecule has 1 unspecified atom stereocenters. The van der Waals surface area contributed by atoms with Crippen LogP contribution < -0.4 is 4.74 Å². The molecule has 1 fully saturated rings. The van der Waals surface area contributed by atoms with E-state index in [0.29, 0.717) is 41.5 Å². The van der Waals surface area contributed by atoms with Gasteiger partial charge in [0.2, 0.25) is 0 Å². The number of ether oxygens (including phenoxy) is 2. The van der Waals surface area contributed by atoms with Gasteiger partial charge in [0, 0.05) is 18.1 Å². The van der Waals surface area contributed by atoms with Gasteiger partial charge in [-0.2, -0.15) is 0 Å². The van der Waals surface area contributed by atoms with Crippen molar-refractivity contribution in [3.8, 4) is 5.75 Å². The van der Waals surface area contributed by atoms with Crippen LogP contribution in [0.2, 0.25) is 10.0 Å². The Morgan fingerprint density at radius 3 is 2.74 bits per heavy atom. The van der Waals surface area contributed by atoms with E-state index in [9.17, 15) is 4.79 Å². The maximum absolute atomic E-state index is 12.5. The molecule has 1 saturated heterocycles. The van der Waals surface area contributed by atoms with Crippen LogP contribution in [0, 0.1) is 5.92 Å². The highest BCUT2D eigenvalue weighted by Crippen LogP contribution is 2.27. The Labute approximate surface area is 170 Å². The highest BCUT2D eigenvalue weighted by molar-refractivity contribution is 6.35. The van der Waals surface area contributed by atoms with E-state index in [1.807, 2.05) is 23.1 Å². The Hall–Kier alpha value is -1.75. The molecule has 3 rings (SSSR count). The van der Waals surface area contributed by atoms with E-state index in [1.165, 1.54) is 0 Å². The number of likely N-dealkylation sites (tertiary alicyclic amines) is 1. The Morgan fingerprint density at radius 1 is 1.15 bits per heavy atom. The molecule has 27 heavy (non-hydrogen) atoms.